The Morgan fingerprint density at radius 2 is 0.850 bits per heavy atom. The van der Waals surface area contributed by atoms with E-state index in [2.05, 4.69) is 79.7 Å². The van der Waals surface area contributed by atoms with Crippen LogP contribution in [0.15, 0.2) is 24.3 Å². The van der Waals surface area contributed by atoms with E-state index in [4.69, 9.17) is 0 Å². The fourth-order valence-electron chi connectivity index (χ4n) is 2.82. The van der Waals surface area contributed by atoms with Crippen LogP contribution >= 0.6 is 0 Å². The van der Waals surface area contributed by atoms with Crippen LogP contribution in [-0.2, 0) is 10.8 Å². The summed E-state index contributed by atoms with van der Waals surface area (Å²) in [5.41, 5.74) is 6.05. The summed E-state index contributed by atoms with van der Waals surface area (Å²) in [7, 11) is 0. The molecular formula is C20H28. The summed E-state index contributed by atoms with van der Waals surface area (Å²) in [5, 5.41) is 2.73. The van der Waals surface area contributed by atoms with Gasteiger partial charge in [-0.05, 0) is 57.7 Å². The van der Waals surface area contributed by atoms with Crippen LogP contribution in [-0.4, -0.2) is 0 Å². The van der Waals surface area contributed by atoms with E-state index in [9.17, 15) is 0 Å². The van der Waals surface area contributed by atoms with Gasteiger partial charge in [-0.1, -0.05) is 65.8 Å². The lowest BCUT2D eigenvalue weighted by Gasteiger charge is -2.31. The molecular weight excluding hydrogens is 240 g/mol. The Morgan fingerprint density at radius 3 is 1.10 bits per heavy atom. The molecule has 0 spiro atoms. The fourth-order valence-corrected chi connectivity index (χ4v) is 2.82. The molecule has 0 amide bonds. The number of benzene rings is 2. The van der Waals surface area contributed by atoms with Gasteiger partial charge < -0.3 is 0 Å². The van der Waals surface area contributed by atoms with E-state index in [1.807, 2.05) is 0 Å². The molecule has 0 atom stereocenters. The molecule has 0 fully saturated rings. The van der Waals surface area contributed by atoms with Crippen molar-refractivity contribution in [3.05, 3.63) is 46.5 Å². The van der Waals surface area contributed by atoms with Crippen LogP contribution in [0.1, 0.15) is 63.8 Å². The second-order valence-electron chi connectivity index (χ2n) is 8.18. The predicted molar refractivity (Wildman–Crippen MR) is 90.8 cm³/mol. The van der Waals surface area contributed by atoms with Crippen LogP contribution in [0.4, 0.5) is 0 Å². The first-order valence-corrected chi connectivity index (χ1v) is 7.56. The van der Waals surface area contributed by atoms with Gasteiger partial charge in [0.15, 0.2) is 0 Å². The number of rotatable bonds is 0. The fraction of sp³-hybridized carbons (Fsp3) is 0.500. The molecule has 2 rings (SSSR count). The molecule has 0 saturated heterocycles. The van der Waals surface area contributed by atoms with Crippen molar-refractivity contribution in [3.8, 4) is 0 Å². The maximum absolute atomic E-state index is 2.41. The van der Waals surface area contributed by atoms with E-state index in [1.54, 1.807) is 0 Å². The lowest BCUT2D eigenvalue weighted by molar-refractivity contribution is 0.531. The molecule has 108 valence electrons. The van der Waals surface area contributed by atoms with Crippen molar-refractivity contribution >= 4 is 10.8 Å². The Balaban J connectivity index is 2.86. The summed E-state index contributed by atoms with van der Waals surface area (Å²) >= 11 is 0. The average molecular weight is 268 g/mol. The van der Waals surface area contributed by atoms with Gasteiger partial charge in [-0.25, -0.2) is 0 Å². The normalized spacial score (nSPS) is 13.0. The Kier molecular flexibility index (Phi) is 3.48. The van der Waals surface area contributed by atoms with Gasteiger partial charge in [0.1, 0.15) is 0 Å². The third-order valence-electron chi connectivity index (χ3n) is 4.21. The van der Waals surface area contributed by atoms with Crippen molar-refractivity contribution in [2.75, 3.05) is 0 Å². The minimum Gasteiger partial charge on any atom is -0.0561 e. The van der Waals surface area contributed by atoms with Crippen molar-refractivity contribution in [3.63, 3.8) is 0 Å². The maximum atomic E-state index is 2.41. The van der Waals surface area contributed by atoms with Gasteiger partial charge in [-0.3, -0.25) is 0 Å². The number of hydrogen-bond acceptors (Lipinski definition) is 0. The highest BCUT2D eigenvalue weighted by molar-refractivity contribution is 5.86. The number of hydrogen-bond donors (Lipinski definition) is 0. The van der Waals surface area contributed by atoms with Crippen molar-refractivity contribution in [1.29, 1.82) is 0 Å². The zero-order valence-corrected chi connectivity index (χ0v) is 14.3. The van der Waals surface area contributed by atoms with Gasteiger partial charge >= 0.3 is 0 Å². The number of fused-ring (bicyclic) bond motifs is 1. The Labute approximate surface area is 124 Å². The second kappa shape index (κ2) is 4.62. The molecule has 0 aliphatic carbocycles. The first kappa shape index (κ1) is 15.1. The molecule has 0 N–H and O–H groups in total. The lowest BCUT2D eigenvalue weighted by Crippen LogP contribution is -2.21. The third kappa shape index (κ3) is 2.75. The molecule has 0 saturated carbocycles. The van der Waals surface area contributed by atoms with Crippen LogP contribution in [0, 0.1) is 13.8 Å². The Hall–Kier alpha value is -1.30. The van der Waals surface area contributed by atoms with E-state index in [0.717, 1.165) is 0 Å². The molecule has 0 aliphatic heterocycles. The zero-order valence-electron chi connectivity index (χ0n) is 14.3. The highest BCUT2D eigenvalue weighted by atomic mass is 14.3. The van der Waals surface area contributed by atoms with Crippen molar-refractivity contribution < 1.29 is 0 Å². The van der Waals surface area contributed by atoms with Crippen LogP contribution in [0.3, 0.4) is 0 Å². The van der Waals surface area contributed by atoms with Crippen LogP contribution in [0.25, 0.3) is 10.8 Å². The van der Waals surface area contributed by atoms with E-state index in [-0.39, 0.29) is 10.8 Å². The molecule has 20 heavy (non-hydrogen) atoms. The molecule has 0 heteroatoms. The van der Waals surface area contributed by atoms with Crippen molar-refractivity contribution in [1.82, 2.24) is 0 Å². The van der Waals surface area contributed by atoms with Gasteiger partial charge in [0.05, 0.1) is 0 Å². The Bertz CT molecular complexity index is 588. The van der Waals surface area contributed by atoms with Crippen LogP contribution in [0.2, 0.25) is 0 Å². The highest BCUT2D eigenvalue weighted by Crippen LogP contribution is 2.37. The summed E-state index contributed by atoms with van der Waals surface area (Å²) in [4.78, 5) is 0. The van der Waals surface area contributed by atoms with E-state index < -0.39 is 0 Å². The summed E-state index contributed by atoms with van der Waals surface area (Å²) in [5.74, 6) is 0. The van der Waals surface area contributed by atoms with E-state index in [1.165, 1.54) is 33.0 Å². The summed E-state index contributed by atoms with van der Waals surface area (Å²) in [6.07, 6.45) is 0. The van der Waals surface area contributed by atoms with Gasteiger partial charge in [0.25, 0.3) is 0 Å². The zero-order chi connectivity index (χ0) is 15.3. The Morgan fingerprint density at radius 1 is 0.550 bits per heavy atom. The first-order chi connectivity index (χ1) is 9.00. The summed E-state index contributed by atoms with van der Waals surface area (Å²) in [6.45, 7) is 18.3. The van der Waals surface area contributed by atoms with Crippen LogP contribution < -0.4 is 0 Å². The standard InChI is InChI=1S/C20H28/c1-13-9-15-11-17(19(3,4)5)18(20(6,7)8)12-16(15)10-14(13)2/h9-12H,1-8H3. The molecule has 0 heterocycles. The smallest absolute Gasteiger partial charge is 0.0129 e. The van der Waals surface area contributed by atoms with Crippen molar-refractivity contribution in [2.45, 2.75) is 66.2 Å². The van der Waals surface area contributed by atoms with Crippen LogP contribution in [0.5, 0.6) is 0 Å². The molecule has 2 aromatic carbocycles. The molecule has 0 unspecified atom stereocenters. The molecule has 0 bridgehead atoms. The van der Waals surface area contributed by atoms with E-state index in [0.29, 0.717) is 0 Å². The largest absolute Gasteiger partial charge is 0.0561 e. The molecule has 0 nitrogen and oxygen atoms in total. The molecule has 0 radical (unpaired) electrons. The average Bonchev–Trinajstić information content (AvgIpc) is 2.26. The molecule has 2 aromatic rings. The quantitative estimate of drug-likeness (QED) is 0.545. The summed E-state index contributed by atoms with van der Waals surface area (Å²) < 4.78 is 0. The van der Waals surface area contributed by atoms with Gasteiger partial charge in [-0.15, -0.1) is 0 Å². The lowest BCUT2D eigenvalue weighted by atomic mass is 9.74. The predicted octanol–water partition coefficient (Wildman–Crippen LogP) is 6.05. The van der Waals surface area contributed by atoms with Gasteiger partial charge in [-0.2, -0.15) is 0 Å². The van der Waals surface area contributed by atoms with Gasteiger partial charge in [0.2, 0.25) is 0 Å². The number of aryl methyl sites for hydroxylation is 2. The molecule has 0 aromatic heterocycles. The second-order valence-corrected chi connectivity index (χ2v) is 8.18. The van der Waals surface area contributed by atoms with Gasteiger partial charge in [0, 0.05) is 0 Å². The maximum Gasteiger partial charge on any atom is -0.0129 e. The van der Waals surface area contributed by atoms with E-state index >= 15 is 0 Å². The summed E-state index contributed by atoms with van der Waals surface area (Å²) in [6, 6.07) is 9.46. The monoisotopic (exact) mass is 268 g/mol. The topological polar surface area (TPSA) is 0 Å². The highest BCUT2D eigenvalue weighted by Gasteiger charge is 2.25. The van der Waals surface area contributed by atoms with Crippen molar-refractivity contribution in [2.24, 2.45) is 0 Å². The first-order valence-electron chi connectivity index (χ1n) is 7.56. The minimum absolute atomic E-state index is 0.176. The SMILES string of the molecule is Cc1cc2cc(C(C)(C)C)c(C(C)(C)C)cc2cc1C. The molecule has 0 aliphatic rings. The minimum atomic E-state index is 0.176. The third-order valence-corrected chi connectivity index (χ3v) is 4.21.